The van der Waals surface area contributed by atoms with Gasteiger partial charge in [0.05, 0.1) is 19.9 Å². The Morgan fingerprint density at radius 2 is 2.27 bits per heavy atom. The van der Waals surface area contributed by atoms with E-state index >= 15 is 0 Å². The predicted molar refractivity (Wildman–Crippen MR) is 67.8 cm³/mol. The summed E-state index contributed by atoms with van der Waals surface area (Å²) >= 11 is 9.13. The lowest BCUT2D eigenvalue weighted by Gasteiger charge is -1.91. The van der Waals surface area contributed by atoms with Gasteiger partial charge in [-0.1, -0.05) is 11.6 Å². The standard InChI is InChI=1S/C10H11ClN2S2/c11-9-4-3-8(15-9)7-6-14-10(13-7)2-1-5-12/h3-4,6H,1-2,5,12H2. The largest absolute Gasteiger partial charge is 0.330 e. The molecular formula is C10H11ClN2S2. The second-order valence-electron chi connectivity index (χ2n) is 3.12. The topological polar surface area (TPSA) is 38.9 Å². The Balaban J connectivity index is 2.13. The number of thiophene rings is 1. The molecule has 15 heavy (non-hydrogen) atoms. The van der Waals surface area contributed by atoms with Gasteiger partial charge in [-0.25, -0.2) is 4.98 Å². The highest BCUT2D eigenvalue weighted by Crippen LogP contribution is 2.31. The highest BCUT2D eigenvalue weighted by Gasteiger charge is 2.06. The Bertz CT molecular complexity index is 436. The monoisotopic (exact) mass is 258 g/mol. The molecule has 0 saturated heterocycles. The van der Waals surface area contributed by atoms with E-state index in [9.17, 15) is 0 Å². The molecule has 80 valence electrons. The van der Waals surface area contributed by atoms with E-state index in [0.717, 1.165) is 39.3 Å². The van der Waals surface area contributed by atoms with Gasteiger partial charge < -0.3 is 5.73 Å². The van der Waals surface area contributed by atoms with Gasteiger partial charge in [0.25, 0.3) is 0 Å². The average Bonchev–Trinajstić information content (AvgIpc) is 2.83. The quantitative estimate of drug-likeness (QED) is 0.913. The van der Waals surface area contributed by atoms with Gasteiger partial charge >= 0.3 is 0 Å². The fraction of sp³-hybridized carbons (Fsp3) is 0.300. The molecule has 2 N–H and O–H groups in total. The van der Waals surface area contributed by atoms with Crippen LogP contribution in [-0.2, 0) is 6.42 Å². The first kappa shape index (κ1) is 11.1. The summed E-state index contributed by atoms with van der Waals surface area (Å²) in [6.45, 7) is 0.722. The number of thiazole rings is 1. The maximum Gasteiger partial charge on any atom is 0.0935 e. The summed E-state index contributed by atoms with van der Waals surface area (Å²) in [6.07, 6.45) is 1.97. The molecule has 2 nitrogen and oxygen atoms in total. The van der Waals surface area contributed by atoms with E-state index in [2.05, 4.69) is 10.4 Å². The molecule has 0 unspecified atom stereocenters. The molecule has 0 radical (unpaired) electrons. The van der Waals surface area contributed by atoms with Gasteiger partial charge in [0.1, 0.15) is 0 Å². The Labute approximate surface area is 102 Å². The molecule has 0 atom stereocenters. The Morgan fingerprint density at radius 1 is 1.40 bits per heavy atom. The second-order valence-corrected chi connectivity index (χ2v) is 5.78. The van der Waals surface area contributed by atoms with E-state index in [1.807, 2.05) is 12.1 Å². The minimum atomic E-state index is 0.722. The number of rotatable bonds is 4. The van der Waals surface area contributed by atoms with Crippen LogP contribution in [0, 0.1) is 0 Å². The number of aryl methyl sites for hydroxylation is 1. The van der Waals surface area contributed by atoms with Crippen LogP contribution in [0.3, 0.4) is 0 Å². The van der Waals surface area contributed by atoms with Gasteiger partial charge in [0, 0.05) is 11.8 Å². The molecule has 2 aromatic heterocycles. The lowest BCUT2D eigenvalue weighted by atomic mass is 10.3. The molecule has 0 fully saturated rings. The normalized spacial score (nSPS) is 10.8. The number of hydrogen-bond acceptors (Lipinski definition) is 4. The molecule has 5 heteroatoms. The van der Waals surface area contributed by atoms with E-state index in [-0.39, 0.29) is 0 Å². The van der Waals surface area contributed by atoms with Crippen LogP contribution >= 0.6 is 34.3 Å². The summed E-state index contributed by atoms with van der Waals surface area (Å²) in [5.74, 6) is 0. The molecule has 0 amide bonds. The molecule has 2 aromatic rings. The van der Waals surface area contributed by atoms with Crippen LogP contribution in [-0.4, -0.2) is 11.5 Å². The van der Waals surface area contributed by atoms with E-state index in [4.69, 9.17) is 17.3 Å². The zero-order chi connectivity index (χ0) is 10.7. The van der Waals surface area contributed by atoms with Crippen molar-refractivity contribution in [1.82, 2.24) is 4.98 Å². The van der Waals surface area contributed by atoms with Crippen LogP contribution in [0.2, 0.25) is 4.34 Å². The molecule has 0 aliphatic carbocycles. The molecule has 0 aliphatic rings. The minimum Gasteiger partial charge on any atom is -0.330 e. The summed E-state index contributed by atoms with van der Waals surface area (Å²) < 4.78 is 0.807. The highest BCUT2D eigenvalue weighted by molar-refractivity contribution is 7.19. The minimum absolute atomic E-state index is 0.722. The van der Waals surface area contributed by atoms with Gasteiger partial charge in [-0.15, -0.1) is 22.7 Å². The van der Waals surface area contributed by atoms with Crippen molar-refractivity contribution >= 4 is 34.3 Å². The number of nitrogens with zero attached hydrogens (tertiary/aromatic N) is 1. The maximum absolute atomic E-state index is 5.88. The van der Waals surface area contributed by atoms with Crippen LogP contribution in [0.1, 0.15) is 11.4 Å². The molecular weight excluding hydrogens is 248 g/mol. The van der Waals surface area contributed by atoms with Crippen molar-refractivity contribution in [2.75, 3.05) is 6.54 Å². The maximum atomic E-state index is 5.88. The summed E-state index contributed by atoms with van der Waals surface area (Å²) in [7, 11) is 0. The number of halogens is 1. The van der Waals surface area contributed by atoms with E-state index in [1.54, 1.807) is 22.7 Å². The van der Waals surface area contributed by atoms with Crippen LogP contribution in [0.25, 0.3) is 10.6 Å². The average molecular weight is 259 g/mol. The lowest BCUT2D eigenvalue weighted by molar-refractivity contribution is 0.827. The van der Waals surface area contributed by atoms with Gasteiger partial charge in [-0.2, -0.15) is 0 Å². The zero-order valence-corrected chi connectivity index (χ0v) is 10.5. The Morgan fingerprint density at radius 3 is 2.93 bits per heavy atom. The van der Waals surface area contributed by atoms with E-state index in [0.29, 0.717) is 0 Å². The summed E-state index contributed by atoms with van der Waals surface area (Å²) in [6, 6.07) is 3.91. The number of aromatic nitrogens is 1. The summed E-state index contributed by atoms with van der Waals surface area (Å²) in [5.41, 5.74) is 6.49. The SMILES string of the molecule is NCCCc1nc(-c2ccc(Cl)s2)cs1. The molecule has 0 spiro atoms. The summed E-state index contributed by atoms with van der Waals surface area (Å²) in [5, 5.41) is 3.23. The first-order valence-electron chi connectivity index (χ1n) is 4.70. The molecule has 0 aliphatic heterocycles. The first-order valence-corrected chi connectivity index (χ1v) is 6.77. The van der Waals surface area contributed by atoms with Crippen LogP contribution in [0.15, 0.2) is 17.5 Å². The van der Waals surface area contributed by atoms with Gasteiger partial charge in [-0.05, 0) is 25.1 Å². The predicted octanol–water partition coefficient (Wildman–Crippen LogP) is 3.42. The molecule has 0 saturated carbocycles. The number of nitrogens with two attached hydrogens (primary N) is 1. The summed E-state index contributed by atoms with van der Waals surface area (Å²) in [4.78, 5) is 5.68. The van der Waals surface area contributed by atoms with E-state index in [1.165, 1.54) is 0 Å². The Hall–Kier alpha value is -0.420. The van der Waals surface area contributed by atoms with Gasteiger partial charge in [0.15, 0.2) is 0 Å². The zero-order valence-electron chi connectivity index (χ0n) is 8.07. The number of hydrogen-bond donors (Lipinski definition) is 1. The second kappa shape index (κ2) is 5.07. The van der Waals surface area contributed by atoms with E-state index < -0.39 is 0 Å². The van der Waals surface area contributed by atoms with Crippen molar-refractivity contribution in [1.29, 1.82) is 0 Å². The third-order valence-corrected chi connectivity index (χ3v) is 4.13. The Kier molecular flexibility index (Phi) is 3.75. The van der Waals surface area contributed by atoms with Crippen molar-refractivity contribution in [3.63, 3.8) is 0 Å². The van der Waals surface area contributed by atoms with Crippen molar-refractivity contribution < 1.29 is 0 Å². The smallest absolute Gasteiger partial charge is 0.0935 e. The van der Waals surface area contributed by atoms with Crippen molar-refractivity contribution in [3.05, 3.63) is 26.9 Å². The first-order chi connectivity index (χ1) is 7.29. The van der Waals surface area contributed by atoms with Crippen molar-refractivity contribution in [3.8, 4) is 10.6 Å². The molecule has 2 heterocycles. The third-order valence-electron chi connectivity index (χ3n) is 1.97. The van der Waals surface area contributed by atoms with Crippen LogP contribution in [0.4, 0.5) is 0 Å². The lowest BCUT2D eigenvalue weighted by Crippen LogP contribution is -1.99. The highest BCUT2D eigenvalue weighted by atomic mass is 35.5. The third kappa shape index (κ3) is 2.78. The van der Waals surface area contributed by atoms with Gasteiger partial charge in [-0.3, -0.25) is 0 Å². The van der Waals surface area contributed by atoms with Crippen molar-refractivity contribution in [2.45, 2.75) is 12.8 Å². The molecule has 0 bridgehead atoms. The van der Waals surface area contributed by atoms with Crippen LogP contribution < -0.4 is 5.73 Å². The molecule has 0 aromatic carbocycles. The van der Waals surface area contributed by atoms with Gasteiger partial charge in [0.2, 0.25) is 0 Å². The molecule has 2 rings (SSSR count). The fourth-order valence-corrected chi connectivity index (χ4v) is 3.16. The fourth-order valence-electron chi connectivity index (χ4n) is 1.24. The van der Waals surface area contributed by atoms with Crippen molar-refractivity contribution in [2.24, 2.45) is 5.73 Å². The van der Waals surface area contributed by atoms with Crippen LogP contribution in [0.5, 0.6) is 0 Å².